The SMILES string of the molecule is CC[C@@H]1CCCc2ccc(-c3cnn(C)c3)cc21. The van der Waals surface area contributed by atoms with Crippen molar-refractivity contribution in [1.29, 1.82) is 0 Å². The van der Waals surface area contributed by atoms with Gasteiger partial charge in [-0.3, -0.25) is 4.68 Å². The Balaban J connectivity index is 2.03. The number of aromatic nitrogens is 2. The molecule has 1 aliphatic carbocycles. The van der Waals surface area contributed by atoms with Crippen LogP contribution in [0.2, 0.25) is 0 Å². The van der Waals surface area contributed by atoms with Gasteiger partial charge in [0.05, 0.1) is 6.20 Å². The summed E-state index contributed by atoms with van der Waals surface area (Å²) in [6.07, 6.45) is 9.23. The maximum Gasteiger partial charge on any atom is 0.0568 e. The van der Waals surface area contributed by atoms with Gasteiger partial charge in [0.15, 0.2) is 0 Å². The third kappa shape index (κ3) is 1.96. The third-order valence-corrected chi connectivity index (χ3v) is 4.12. The molecule has 1 aromatic heterocycles. The van der Waals surface area contributed by atoms with E-state index in [2.05, 4.69) is 36.4 Å². The summed E-state index contributed by atoms with van der Waals surface area (Å²) in [5.74, 6) is 0.755. The smallest absolute Gasteiger partial charge is 0.0568 e. The molecule has 94 valence electrons. The summed E-state index contributed by atoms with van der Waals surface area (Å²) < 4.78 is 1.87. The molecule has 0 saturated carbocycles. The number of fused-ring (bicyclic) bond motifs is 1. The maximum atomic E-state index is 4.26. The third-order valence-electron chi connectivity index (χ3n) is 4.12. The number of benzene rings is 1. The second-order valence-electron chi connectivity index (χ2n) is 5.31. The van der Waals surface area contributed by atoms with Gasteiger partial charge in [-0.05, 0) is 48.3 Å². The lowest BCUT2D eigenvalue weighted by molar-refractivity contribution is 0.540. The summed E-state index contributed by atoms with van der Waals surface area (Å²) in [6, 6.07) is 6.95. The molecule has 1 atom stereocenters. The molecule has 0 spiro atoms. The fourth-order valence-corrected chi connectivity index (χ4v) is 3.07. The van der Waals surface area contributed by atoms with Crippen molar-refractivity contribution in [3.05, 3.63) is 41.7 Å². The van der Waals surface area contributed by atoms with Gasteiger partial charge >= 0.3 is 0 Å². The van der Waals surface area contributed by atoms with Crippen LogP contribution in [0.1, 0.15) is 43.2 Å². The minimum absolute atomic E-state index is 0.755. The summed E-state index contributed by atoms with van der Waals surface area (Å²) in [5, 5.41) is 4.26. The number of aryl methyl sites for hydroxylation is 2. The molecular formula is C16H20N2. The van der Waals surface area contributed by atoms with Crippen LogP contribution in [0.15, 0.2) is 30.6 Å². The molecule has 0 aliphatic heterocycles. The first kappa shape index (κ1) is 11.5. The molecule has 0 unspecified atom stereocenters. The summed E-state index contributed by atoms with van der Waals surface area (Å²) in [7, 11) is 1.97. The second-order valence-corrected chi connectivity index (χ2v) is 5.31. The van der Waals surface area contributed by atoms with Crippen LogP contribution in [0.3, 0.4) is 0 Å². The number of hydrogen-bond acceptors (Lipinski definition) is 1. The van der Waals surface area contributed by atoms with Crippen LogP contribution >= 0.6 is 0 Å². The van der Waals surface area contributed by atoms with E-state index in [0.717, 1.165) is 5.92 Å². The molecule has 18 heavy (non-hydrogen) atoms. The Morgan fingerprint density at radius 1 is 1.33 bits per heavy atom. The molecular weight excluding hydrogens is 220 g/mol. The van der Waals surface area contributed by atoms with Crippen molar-refractivity contribution < 1.29 is 0 Å². The molecule has 0 amide bonds. The second kappa shape index (κ2) is 4.60. The fraction of sp³-hybridized carbons (Fsp3) is 0.438. The van der Waals surface area contributed by atoms with Gasteiger partial charge in [-0.2, -0.15) is 5.10 Å². The Labute approximate surface area is 109 Å². The van der Waals surface area contributed by atoms with E-state index in [-0.39, 0.29) is 0 Å². The van der Waals surface area contributed by atoms with Crippen LogP contribution in [0, 0.1) is 0 Å². The van der Waals surface area contributed by atoms with Crippen LogP contribution < -0.4 is 0 Å². The molecule has 0 fully saturated rings. The fourth-order valence-electron chi connectivity index (χ4n) is 3.07. The number of rotatable bonds is 2. The van der Waals surface area contributed by atoms with Crippen molar-refractivity contribution >= 4 is 0 Å². The predicted molar refractivity (Wildman–Crippen MR) is 74.6 cm³/mol. The number of hydrogen-bond donors (Lipinski definition) is 0. The highest BCUT2D eigenvalue weighted by molar-refractivity contribution is 5.64. The highest BCUT2D eigenvalue weighted by Gasteiger charge is 2.19. The van der Waals surface area contributed by atoms with Crippen molar-refractivity contribution in [2.24, 2.45) is 7.05 Å². The molecule has 2 aromatic rings. The average molecular weight is 240 g/mol. The van der Waals surface area contributed by atoms with Gasteiger partial charge in [0, 0.05) is 18.8 Å². The zero-order valence-electron chi connectivity index (χ0n) is 11.2. The molecule has 2 nitrogen and oxygen atoms in total. The van der Waals surface area contributed by atoms with Crippen LogP contribution in [-0.2, 0) is 13.5 Å². The van der Waals surface area contributed by atoms with E-state index in [4.69, 9.17) is 0 Å². The van der Waals surface area contributed by atoms with Gasteiger partial charge in [0.1, 0.15) is 0 Å². The first-order valence-corrected chi connectivity index (χ1v) is 6.89. The highest BCUT2D eigenvalue weighted by atomic mass is 15.2. The van der Waals surface area contributed by atoms with E-state index in [9.17, 15) is 0 Å². The van der Waals surface area contributed by atoms with E-state index in [1.165, 1.54) is 36.8 Å². The molecule has 2 heteroatoms. The van der Waals surface area contributed by atoms with Gasteiger partial charge in [0.25, 0.3) is 0 Å². The quantitative estimate of drug-likeness (QED) is 0.778. The Hall–Kier alpha value is -1.57. The zero-order chi connectivity index (χ0) is 12.5. The van der Waals surface area contributed by atoms with Gasteiger partial charge in [-0.25, -0.2) is 0 Å². The van der Waals surface area contributed by atoms with Crippen LogP contribution in [0.4, 0.5) is 0 Å². The molecule has 1 aliphatic rings. The molecule has 1 heterocycles. The average Bonchev–Trinajstić information content (AvgIpc) is 2.84. The minimum atomic E-state index is 0.755. The van der Waals surface area contributed by atoms with Gasteiger partial charge in [-0.1, -0.05) is 25.1 Å². The number of nitrogens with zero attached hydrogens (tertiary/aromatic N) is 2. The molecule has 0 radical (unpaired) electrons. The van der Waals surface area contributed by atoms with E-state index in [1.54, 1.807) is 11.1 Å². The standard InChI is InChI=1S/C16H20N2/c1-3-12-5-4-6-13-7-8-14(9-16(12)13)15-10-17-18(2)11-15/h7-12H,3-6H2,1-2H3/t12-/m1/s1. The lowest BCUT2D eigenvalue weighted by atomic mass is 9.80. The first-order valence-electron chi connectivity index (χ1n) is 6.89. The van der Waals surface area contributed by atoms with Gasteiger partial charge in [-0.15, -0.1) is 0 Å². The summed E-state index contributed by atoms with van der Waals surface area (Å²) in [4.78, 5) is 0. The Morgan fingerprint density at radius 2 is 2.22 bits per heavy atom. The largest absolute Gasteiger partial charge is 0.275 e. The topological polar surface area (TPSA) is 17.8 Å². The molecule has 0 N–H and O–H groups in total. The van der Waals surface area contributed by atoms with Gasteiger partial charge in [0.2, 0.25) is 0 Å². The molecule has 0 saturated heterocycles. The first-order chi connectivity index (χ1) is 8.78. The van der Waals surface area contributed by atoms with Crippen LogP contribution in [0.5, 0.6) is 0 Å². The van der Waals surface area contributed by atoms with Gasteiger partial charge < -0.3 is 0 Å². The van der Waals surface area contributed by atoms with Crippen LogP contribution in [0.25, 0.3) is 11.1 Å². The zero-order valence-corrected chi connectivity index (χ0v) is 11.2. The lowest BCUT2D eigenvalue weighted by Gasteiger charge is -2.25. The monoisotopic (exact) mass is 240 g/mol. The van der Waals surface area contributed by atoms with Crippen molar-refractivity contribution in [3.8, 4) is 11.1 Å². The Bertz CT molecular complexity index is 554. The van der Waals surface area contributed by atoms with Crippen LogP contribution in [-0.4, -0.2) is 9.78 Å². The highest BCUT2D eigenvalue weighted by Crippen LogP contribution is 2.36. The van der Waals surface area contributed by atoms with E-state index >= 15 is 0 Å². The summed E-state index contributed by atoms with van der Waals surface area (Å²) in [5.41, 5.74) is 5.66. The van der Waals surface area contributed by atoms with Crippen molar-refractivity contribution in [2.45, 2.75) is 38.5 Å². The normalized spacial score (nSPS) is 18.7. The van der Waals surface area contributed by atoms with Crippen molar-refractivity contribution in [3.63, 3.8) is 0 Å². The van der Waals surface area contributed by atoms with Crippen molar-refractivity contribution in [1.82, 2.24) is 9.78 Å². The van der Waals surface area contributed by atoms with E-state index in [1.807, 2.05) is 17.9 Å². The molecule has 1 aromatic carbocycles. The van der Waals surface area contributed by atoms with E-state index in [0.29, 0.717) is 0 Å². The summed E-state index contributed by atoms with van der Waals surface area (Å²) in [6.45, 7) is 2.30. The lowest BCUT2D eigenvalue weighted by Crippen LogP contribution is -2.09. The van der Waals surface area contributed by atoms with E-state index < -0.39 is 0 Å². The van der Waals surface area contributed by atoms with Crippen molar-refractivity contribution in [2.75, 3.05) is 0 Å². The minimum Gasteiger partial charge on any atom is -0.275 e. The Kier molecular flexibility index (Phi) is 2.94. The molecule has 0 bridgehead atoms. The molecule has 3 rings (SSSR count). The maximum absolute atomic E-state index is 4.26. The summed E-state index contributed by atoms with van der Waals surface area (Å²) >= 11 is 0. The Morgan fingerprint density at radius 3 is 2.94 bits per heavy atom. The predicted octanol–water partition coefficient (Wildman–Crippen LogP) is 3.92.